The minimum Gasteiger partial charge on any atom is -0.381 e. The molecule has 9 heteroatoms. The second-order valence-corrected chi connectivity index (χ2v) is 11.2. The van der Waals surface area contributed by atoms with E-state index in [1.807, 2.05) is 11.8 Å². The van der Waals surface area contributed by atoms with E-state index in [1.165, 1.54) is 16.7 Å². The molecule has 0 aliphatic carbocycles. The third kappa shape index (κ3) is 6.11. The highest BCUT2D eigenvalue weighted by Gasteiger charge is 2.42. The first-order chi connectivity index (χ1) is 19.5. The van der Waals surface area contributed by atoms with Gasteiger partial charge < -0.3 is 35.8 Å². The number of likely N-dealkylation sites (N-methyl/N-ethyl adjacent to an activating group) is 1. The third-order valence-electron chi connectivity index (χ3n) is 8.61. The molecule has 4 aliphatic heterocycles. The van der Waals surface area contributed by atoms with Crippen LogP contribution in [-0.4, -0.2) is 79.3 Å². The molecule has 4 aliphatic rings. The lowest BCUT2D eigenvalue weighted by molar-refractivity contribution is -0.139. The van der Waals surface area contributed by atoms with Crippen molar-refractivity contribution in [2.75, 3.05) is 33.4 Å². The number of fused-ring (bicyclic) bond motifs is 1. The number of ether oxygens (including phenoxy) is 1. The van der Waals surface area contributed by atoms with E-state index >= 15 is 0 Å². The Balaban J connectivity index is 1.31. The topological polar surface area (TPSA) is 98.0 Å². The zero-order chi connectivity index (χ0) is 28.1. The van der Waals surface area contributed by atoms with Gasteiger partial charge in [0.15, 0.2) is 0 Å². The van der Waals surface area contributed by atoms with Gasteiger partial charge in [-0.05, 0) is 69.3 Å². The number of hydrogen-bond acceptors (Lipinski definition) is 7. The molecular formula is C31H44N6O3. The fraction of sp³-hybridized carbons (Fsp3) is 0.548. The molecule has 9 nitrogen and oxygen atoms in total. The van der Waals surface area contributed by atoms with Crippen LogP contribution in [0.15, 0.2) is 54.5 Å². The lowest BCUT2D eigenvalue weighted by Gasteiger charge is -2.36. The Morgan fingerprint density at radius 1 is 1.15 bits per heavy atom. The molecule has 0 saturated carbocycles. The summed E-state index contributed by atoms with van der Waals surface area (Å²) in [6.45, 7) is 7.68. The largest absolute Gasteiger partial charge is 0.381 e. The Labute approximate surface area is 238 Å². The van der Waals surface area contributed by atoms with Gasteiger partial charge in [-0.3, -0.25) is 9.59 Å². The summed E-state index contributed by atoms with van der Waals surface area (Å²) in [5, 5.41) is 13.2. The van der Waals surface area contributed by atoms with Crippen LogP contribution in [-0.2, 0) is 20.9 Å². The van der Waals surface area contributed by atoms with Crippen LogP contribution < -0.4 is 21.3 Å². The Kier molecular flexibility index (Phi) is 9.24. The van der Waals surface area contributed by atoms with Crippen molar-refractivity contribution in [1.82, 2.24) is 31.1 Å². The van der Waals surface area contributed by atoms with Gasteiger partial charge in [0.1, 0.15) is 12.2 Å². The molecule has 0 spiro atoms. The first kappa shape index (κ1) is 28.4. The summed E-state index contributed by atoms with van der Waals surface area (Å²) >= 11 is 0. The minimum atomic E-state index is -0.548. The van der Waals surface area contributed by atoms with Crippen molar-refractivity contribution < 1.29 is 14.3 Å². The number of hydrogen-bond donors (Lipinski definition) is 4. The molecule has 0 bridgehead atoms. The summed E-state index contributed by atoms with van der Waals surface area (Å²) in [7, 11) is 1.76. The number of likely N-dealkylation sites (tertiary alicyclic amines) is 1. The highest BCUT2D eigenvalue weighted by molar-refractivity contribution is 5.90. The monoisotopic (exact) mass is 548 g/mol. The van der Waals surface area contributed by atoms with Crippen molar-refractivity contribution in [2.45, 2.75) is 70.4 Å². The lowest BCUT2D eigenvalue weighted by atomic mass is 9.90. The average Bonchev–Trinajstić information content (AvgIpc) is 3.66. The number of amides is 2. The predicted octanol–water partition coefficient (Wildman–Crippen LogP) is 2.29. The van der Waals surface area contributed by atoms with Crippen LogP contribution in [0.3, 0.4) is 0 Å². The van der Waals surface area contributed by atoms with Crippen molar-refractivity contribution >= 4 is 17.4 Å². The van der Waals surface area contributed by atoms with Crippen LogP contribution in [0, 0.1) is 5.92 Å². The van der Waals surface area contributed by atoms with Crippen LogP contribution in [0.4, 0.5) is 0 Å². The smallest absolute Gasteiger partial charge is 0.246 e. The van der Waals surface area contributed by atoms with E-state index in [9.17, 15) is 9.59 Å². The third-order valence-corrected chi connectivity index (χ3v) is 8.61. The van der Waals surface area contributed by atoms with E-state index in [-0.39, 0.29) is 36.0 Å². The van der Waals surface area contributed by atoms with Gasteiger partial charge in [-0.2, -0.15) is 0 Å². The SMILES string of the molecule is CCNCc1ccc(C2=CC=CN3C=C(C4CCCN4C(=O)C(NC(=O)[C@H](C)NC)C4CCOCC4)NC23)cc1. The maximum absolute atomic E-state index is 14.1. The highest BCUT2D eigenvalue weighted by atomic mass is 16.5. The number of benzene rings is 1. The van der Waals surface area contributed by atoms with E-state index < -0.39 is 6.04 Å². The molecule has 4 N–H and O–H groups in total. The second-order valence-electron chi connectivity index (χ2n) is 11.2. The minimum absolute atomic E-state index is 0.0142. The molecule has 1 aromatic carbocycles. The molecule has 2 amide bonds. The van der Waals surface area contributed by atoms with Gasteiger partial charge >= 0.3 is 0 Å². The van der Waals surface area contributed by atoms with Crippen LogP contribution in [0.5, 0.6) is 0 Å². The second kappa shape index (κ2) is 13.0. The van der Waals surface area contributed by atoms with E-state index in [4.69, 9.17) is 4.74 Å². The Bertz CT molecular complexity index is 1140. The predicted molar refractivity (Wildman–Crippen MR) is 157 cm³/mol. The Morgan fingerprint density at radius 3 is 2.65 bits per heavy atom. The quantitative estimate of drug-likeness (QED) is 0.356. The molecule has 0 radical (unpaired) electrons. The summed E-state index contributed by atoms with van der Waals surface area (Å²) in [4.78, 5) is 31.2. The number of carbonyl (C=O) groups is 2. The summed E-state index contributed by atoms with van der Waals surface area (Å²) in [6.07, 6.45) is 11.8. The lowest BCUT2D eigenvalue weighted by Crippen LogP contribution is -2.57. The molecule has 2 saturated heterocycles. The van der Waals surface area contributed by atoms with E-state index in [1.54, 1.807) is 7.05 Å². The number of allylic oxidation sites excluding steroid dienone is 2. The number of nitrogens with one attached hydrogen (secondary N) is 4. The van der Waals surface area contributed by atoms with Gasteiger partial charge in [0.25, 0.3) is 0 Å². The summed E-state index contributed by atoms with van der Waals surface area (Å²) in [6, 6.07) is 7.78. The van der Waals surface area contributed by atoms with Crippen LogP contribution in [0.2, 0.25) is 0 Å². The zero-order valence-electron chi connectivity index (χ0n) is 24.0. The van der Waals surface area contributed by atoms with E-state index in [0.717, 1.165) is 44.5 Å². The molecule has 4 atom stereocenters. The van der Waals surface area contributed by atoms with Crippen LogP contribution in [0.25, 0.3) is 5.57 Å². The van der Waals surface area contributed by atoms with E-state index in [2.05, 4.69) is 81.9 Å². The summed E-state index contributed by atoms with van der Waals surface area (Å²) in [5.74, 6) is -0.0589. The van der Waals surface area contributed by atoms with Gasteiger partial charge in [0.2, 0.25) is 11.8 Å². The molecule has 0 aromatic heterocycles. The average molecular weight is 549 g/mol. The van der Waals surface area contributed by atoms with Gasteiger partial charge in [0, 0.05) is 44.3 Å². The standard InChI is InChI=1S/C31H44N6O3/c1-4-33-19-22-9-11-23(12-10-22)25-7-5-15-36-20-26(34-29(25)36)27-8-6-16-37(27)31(39)28(24-13-17-40-18-14-24)35-30(38)21(2)32-3/h5,7,9-12,15,20-21,24,27-29,32-34H,4,6,8,13-14,16-19H2,1-3H3,(H,35,38)/t21-,27?,28?,29?/m0/s1. The Hall–Kier alpha value is -3.14. The zero-order valence-corrected chi connectivity index (χ0v) is 24.0. The summed E-state index contributed by atoms with van der Waals surface area (Å²) < 4.78 is 5.57. The maximum atomic E-state index is 14.1. The number of nitrogens with zero attached hydrogens (tertiary/aromatic N) is 2. The number of carbonyl (C=O) groups excluding carboxylic acids is 2. The van der Waals surface area contributed by atoms with Gasteiger partial charge in [-0.1, -0.05) is 37.3 Å². The first-order valence-electron chi connectivity index (χ1n) is 14.8. The van der Waals surface area contributed by atoms with Crippen molar-refractivity contribution in [3.05, 3.63) is 65.6 Å². The van der Waals surface area contributed by atoms with Crippen molar-refractivity contribution in [3.63, 3.8) is 0 Å². The molecule has 216 valence electrons. The molecular weight excluding hydrogens is 504 g/mol. The van der Waals surface area contributed by atoms with Crippen molar-refractivity contribution in [3.8, 4) is 0 Å². The Morgan fingerprint density at radius 2 is 1.93 bits per heavy atom. The van der Waals surface area contributed by atoms with Gasteiger partial charge in [0.05, 0.1) is 17.8 Å². The normalized spacial score (nSPS) is 24.2. The van der Waals surface area contributed by atoms with Crippen molar-refractivity contribution in [1.29, 1.82) is 0 Å². The molecule has 4 heterocycles. The first-order valence-corrected chi connectivity index (χ1v) is 14.8. The molecule has 1 aromatic rings. The maximum Gasteiger partial charge on any atom is 0.246 e. The van der Waals surface area contributed by atoms with E-state index in [0.29, 0.717) is 19.8 Å². The molecule has 40 heavy (non-hydrogen) atoms. The van der Waals surface area contributed by atoms with Crippen LogP contribution in [0.1, 0.15) is 50.7 Å². The fourth-order valence-corrected chi connectivity index (χ4v) is 6.10. The molecule has 5 rings (SSSR count). The number of rotatable bonds is 10. The van der Waals surface area contributed by atoms with Gasteiger partial charge in [-0.15, -0.1) is 0 Å². The summed E-state index contributed by atoms with van der Waals surface area (Å²) in [5.41, 5.74) is 4.70. The molecule has 3 unspecified atom stereocenters. The highest BCUT2D eigenvalue weighted by Crippen LogP contribution is 2.34. The van der Waals surface area contributed by atoms with Gasteiger partial charge in [-0.25, -0.2) is 0 Å². The fourth-order valence-electron chi connectivity index (χ4n) is 6.10. The van der Waals surface area contributed by atoms with Crippen molar-refractivity contribution in [2.24, 2.45) is 5.92 Å². The molecule has 2 fully saturated rings. The van der Waals surface area contributed by atoms with Crippen LogP contribution >= 0.6 is 0 Å².